The number of benzene rings is 2. The molecule has 2 aliphatic heterocycles. The third kappa shape index (κ3) is 6.52. The van der Waals surface area contributed by atoms with Crippen molar-refractivity contribution in [2.75, 3.05) is 39.5 Å². The quantitative estimate of drug-likeness (QED) is 0.234. The number of amides is 3. The molecule has 11 nitrogen and oxygen atoms in total. The molecule has 0 unspecified atom stereocenters. The summed E-state index contributed by atoms with van der Waals surface area (Å²) in [6, 6.07) is 9.41. The fourth-order valence-corrected chi connectivity index (χ4v) is 5.01. The van der Waals surface area contributed by atoms with Crippen molar-refractivity contribution in [2.24, 2.45) is 0 Å². The predicted molar refractivity (Wildman–Crippen MR) is 143 cm³/mol. The van der Waals surface area contributed by atoms with Gasteiger partial charge >= 0.3 is 0 Å². The van der Waals surface area contributed by atoms with Gasteiger partial charge < -0.3 is 19.1 Å². The Balaban J connectivity index is 1.49. The van der Waals surface area contributed by atoms with Gasteiger partial charge in [0.2, 0.25) is 5.91 Å². The summed E-state index contributed by atoms with van der Waals surface area (Å²) in [5.74, 6) is 0.0141. The molecule has 2 saturated heterocycles. The van der Waals surface area contributed by atoms with Crippen LogP contribution in [0, 0.1) is 10.1 Å². The van der Waals surface area contributed by atoms with E-state index in [0.717, 1.165) is 22.2 Å². The first-order valence-corrected chi connectivity index (χ1v) is 13.3. The normalized spacial score (nSPS) is 16.7. The van der Waals surface area contributed by atoms with Crippen LogP contribution in [0.3, 0.4) is 0 Å². The summed E-state index contributed by atoms with van der Waals surface area (Å²) in [7, 11) is 0. The van der Waals surface area contributed by atoms with E-state index in [2.05, 4.69) is 15.9 Å². The largest absolute Gasteiger partial charge is 0.490 e. The zero-order chi connectivity index (χ0) is 27.2. The Labute approximate surface area is 231 Å². The first kappa shape index (κ1) is 27.6. The highest BCUT2D eigenvalue weighted by molar-refractivity contribution is 9.10. The van der Waals surface area contributed by atoms with Crippen molar-refractivity contribution in [2.45, 2.75) is 13.5 Å². The van der Waals surface area contributed by atoms with Gasteiger partial charge in [-0.3, -0.25) is 29.4 Å². The van der Waals surface area contributed by atoms with Crippen molar-refractivity contribution in [1.29, 1.82) is 0 Å². The molecule has 0 radical (unpaired) electrons. The van der Waals surface area contributed by atoms with Crippen LogP contribution < -0.4 is 9.47 Å². The van der Waals surface area contributed by atoms with Crippen LogP contribution in [-0.4, -0.2) is 71.2 Å². The summed E-state index contributed by atoms with van der Waals surface area (Å²) in [6.07, 6.45) is 1.57. The average molecular weight is 606 g/mol. The third-order valence-electron chi connectivity index (χ3n) is 5.72. The highest BCUT2D eigenvalue weighted by Crippen LogP contribution is 2.38. The number of morpholine rings is 1. The van der Waals surface area contributed by atoms with E-state index in [0.29, 0.717) is 54.4 Å². The summed E-state index contributed by atoms with van der Waals surface area (Å²) in [5, 5.41) is 10.3. The summed E-state index contributed by atoms with van der Waals surface area (Å²) < 4.78 is 17.5. The lowest BCUT2D eigenvalue weighted by molar-refractivity contribution is -0.384. The van der Waals surface area contributed by atoms with Gasteiger partial charge in [-0.1, -0.05) is 15.9 Å². The Morgan fingerprint density at radius 2 is 1.84 bits per heavy atom. The zero-order valence-corrected chi connectivity index (χ0v) is 22.8. The molecule has 3 amide bonds. The third-order valence-corrected chi connectivity index (χ3v) is 7.32. The standard InChI is InChI=1S/C25H24BrN3O8S/c1-2-36-20-11-17(19(26)13-21(20)37-15-16-3-5-18(6-4-16)29(33)34)12-22-24(31)28(25(32)38-22)14-23(30)27-7-9-35-10-8-27/h3-6,11-13H,2,7-10,14-15H2,1H3/b22-12+. The predicted octanol–water partition coefficient (Wildman–Crippen LogP) is 4.23. The van der Waals surface area contributed by atoms with Crippen molar-refractivity contribution in [3.8, 4) is 11.5 Å². The molecule has 2 aliphatic rings. The Bertz CT molecular complexity index is 1280. The molecule has 200 valence electrons. The van der Waals surface area contributed by atoms with Crippen LogP contribution >= 0.6 is 27.7 Å². The maximum Gasteiger partial charge on any atom is 0.294 e. The van der Waals surface area contributed by atoms with Gasteiger partial charge in [0.15, 0.2) is 11.5 Å². The number of rotatable bonds is 9. The molecule has 38 heavy (non-hydrogen) atoms. The number of halogens is 1. The molecule has 2 heterocycles. The maximum absolute atomic E-state index is 13.0. The molecule has 0 atom stereocenters. The van der Waals surface area contributed by atoms with Crippen LogP contribution in [0.5, 0.6) is 11.5 Å². The number of ether oxygens (including phenoxy) is 3. The summed E-state index contributed by atoms with van der Waals surface area (Å²) in [4.78, 5) is 51.1. The molecule has 13 heteroatoms. The number of carbonyl (C=O) groups is 3. The fraction of sp³-hybridized carbons (Fsp3) is 0.320. The van der Waals surface area contributed by atoms with Crippen LogP contribution in [0.15, 0.2) is 45.8 Å². The van der Waals surface area contributed by atoms with Gasteiger partial charge in [0.1, 0.15) is 13.2 Å². The Kier molecular flexibility index (Phi) is 9.02. The molecular weight excluding hydrogens is 582 g/mol. The van der Waals surface area contributed by atoms with E-state index in [1.54, 1.807) is 35.2 Å². The lowest BCUT2D eigenvalue weighted by Crippen LogP contribution is -2.46. The lowest BCUT2D eigenvalue weighted by Gasteiger charge is -2.28. The molecule has 2 fully saturated rings. The zero-order valence-electron chi connectivity index (χ0n) is 20.4. The molecule has 0 N–H and O–H groups in total. The van der Waals surface area contributed by atoms with Gasteiger partial charge in [0, 0.05) is 29.7 Å². The number of imide groups is 1. The topological polar surface area (TPSA) is 129 Å². The van der Waals surface area contributed by atoms with Crippen molar-refractivity contribution < 1.29 is 33.5 Å². The molecule has 4 rings (SSSR count). The number of nitrogens with zero attached hydrogens (tertiary/aromatic N) is 3. The number of nitro benzene ring substituents is 1. The summed E-state index contributed by atoms with van der Waals surface area (Å²) >= 11 is 4.26. The summed E-state index contributed by atoms with van der Waals surface area (Å²) in [5.41, 5.74) is 1.31. The SMILES string of the molecule is CCOc1cc(/C=C2/SC(=O)N(CC(=O)N3CCOCC3)C2=O)c(Br)cc1OCc1ccc([N+](=O)[O-])cc1. The van der Waals surface area contributed by atoms with Crippen molar-refractivity contribution in [1.82, 2.24) is 9.80 Å². The number of hydrogen-bond acceptors (Lipinski definition) is 9. The van der Waals surface area contributed by atoms with Gasteiger partial charge in [0.25, 0.3) is 16.8 Å². The van der Waals surface area contributed by atoms with Crippen molar-refractivity contribution in [3.63, 3.8) is 0 Å². The first-order chi connectivity index (χ1) is 18.3. The van der Waals surface area contributed by atoms with Crippen LogP contribution in [0.4, 0.5) is 10.5 Å². The Hall–Kier alpha value is -3.42. The van der Waals surface area contributed by atoms with E-state index in [1.807, 2.05) is 6.92 Å². The van der Waals surface area contributed by atoms with Crippen molar-refractivity contribution >= 4 is 56.5 Å². The van der Waals surface area contributed by atoms with Gasteiger partial charge in [0.05, 0.1) is 29.6 Å². The monoisotopic (exact) mass is 605 g/mol. The second-order valence-electron chi connectivity index (χ2n) is 8.23. The molecule has 0 bridgehead atoms. The molecule has 0 spiro atoms. The van der Waals surface area contributed by atoms with E-state index >= 15 is 0 Å². The van der Waals surface area contributed by atoms with Gasteiger partial charge in [-0.25, -0.2) is 0 Å². The summed E-state index contributed by atoms with van der Waals surface area (Å²) in [6.45, 7) is 3.72. The number of nitro groups is 1. The number of non-ortho nitro benzene ring substituents is 1. The van der Waals surface area contributed by atoms with E-state index in [1.165, 1.54) is 12.1 Å². The van der Waals surface area contributed by atoms with Gasteiger partial charge in [-0.2, -0.15) is 0 Å². The average Bonchev–Trinajstić information content (AvgIpc) is 3.17. The highest BCUT2D eigenvalue weighted by Gasteiger charge is 2.37. The van der Waals surface area contributed by atoms with Gasteiger partial charge in [-0.05, 0) is 60.2 Å². The molecule has 0 aliphatic carbocycles. The minimum Gasteiger partial charge on any atom is -0.490 e. The minimum atomic E-state index is -0.537. The Morgan fingerprint density at radius 1 is 1.16 bits per heavy atom. The smallest absolute Gasteiger partial charge is 0.294 e. The minimum absolute atomic E-state index is 0.00859. The number of hydrogen-bond donors (Lipinski definition) is 0. The van der Waals surface area contributed by atoms with Crippen LogP contribution in [0.1, 0.15) is 18.1 Å². The fourth-order valence-electron chi connectivity index (χ4n) is 3.74. The molecular formula is C25H24BrN3O8S. The number of thioether (sulfide) groups is 1. The molecule has 0 saturated carbocycles. The van der Waals surface area contributed by atoms with E-state index < -0.39 is 16.1 Å². The van der Waals surface area contributed by atoms with Crippen LogP contribution in [0.25, 0.3) is 6.08 Å². The lowest BCUT2D eigenvalue weighted by atomic mass is 10.1. The first-order valence-electron chi connectivity index (χ1n) is 11.7. The second kappa shape index (κ2) is 12.4. The van der Waals surface area contributed by atoms with Crippen LogP contribution in [0.2, 0.25) is 0 Å². The van der Waals surface area contributed by atoms with E-state index in [9.17, 15) is 24.5 Å². The maximum atomic E-state index is 13.0. The van der Waals surface area contributed by atoms with Crippen molar-refractivity contribution in [3.05, 3.63) is 67.0 Å². The second-order valence-corrected chi connectivity index (χ2v) is 10.1. The van der Waals surface area contributed by atoms with E-state index in [-0.39, 0.29) is 29.7 Å². The van der Waals surface area contributed by atoms with Crippen LogP contribution in [-0.2, 0) is 20.9 Å². The number of carbonyl (C=O) groups excluding carboxylic acids is 3. The van der Waals surface area contributed by atoms with Gasteiger partial charge in [-0.15, -0.1) is 0 Å². The highest BCUT2D eigenvalue weighted by atomic mass is 79.9. The molecule has 2 aromatic rings. The Morgan fingerprint density at radius 3 is 2.50 bits per heavy atom. The molecule has 0 aromatic heterocycles. The molecule has 2 aromatic carbocycles. The van der Waals surface area contributed by atoms with E-state index in [4.69, 9.17) is 14.2 Å².